The lowest BCUT2D eigenvalue weighted by atomic mass is 10.1. The Balaban J connectivity index is 1.62. The van der Waals surface area contributed by atoms with E-state index in [1.54, 1.807) is 6.20 Å². The van der Waals surface area contributed by atoms with Crippen molar-refractivity contribution in [2.24, 2.45) is 0 Å². The Morgan fingerprint density at radius 2 is 1.90 bits per heavy atom. The Hall–Kier alpha value is -4.07. The Labute approximate surface area is 166 Å². The van der Waals surface area contributed by atoms with Crippen molar-refractivity contribution in [1.29, 1.82) is 0 Å². The number of nitrogens with zero attached hydrogens (tertiary/aromatic N) is 7. The molecule has 8 nitrogen and oxygen atoms in total. The van der Waals surface area contributed by atoms with Gasteiger partial charge in [0.15, 0.2) is 5.82 Å². The summed E-state index contributed by atoms with van der Waals surface area (Å²) < 4.78 is 4.27. The van der Waals surface area contributed by atoms with E-state index in [4.69, 9.17) is 4.98 Å². The van der Waals surface area contributed by atoms with E-state index in [0.717, 1.165) is 28.3 Å². The van der Waals surface area contributed by atoms with Gasteiger partial charge in [-0.2, -0.15) is 5.21 Å². The fourth-order valence-electron chi connectivity index (χ4n) is 3.43. The molecule has 0 radical (unpaired) electrons. The van der Waals surface area contributed by atoms with Crippen LogP contribution < -0.4 is 0 Å². The SMILES string of the molecule is c1ccc(-c2ncn(CCc3nn[nH]n3)c2-c2cccn2-c2cccnc2)cc1. The lowest BCUT2D eigenvalue weighted by Gasteiger charge is -2.13. The Bertz CT molecular complexity index is 1190. The van der Waals surface area contributed by atoms with Crippen molar-refractivity contribution in [3.63, 3.8) is 0 Å². The summed E-state index contributed by atoms with van der Waals surface area (Å²) in [5.74, 6) is 0.675. The van der Waals surface area contributed by atoms with Crippen LogP contribution in [-0.4, -0.2) is 39.7 Å². The monoisotopic (exact) mass is 382 g/mol. The quantitative estimate of drug-likeness (QED) is 0.487. The molecule has 0 spiro atoms. The van der Waals surface area contributed by atoms with Gasteiger partial charge in [0.05, 0.1) is 35.3 Å². The van der Waals surface area contributed by atoms with Gasteiger partial charge in [-0.15, -0.1) is 10.2 Å². The average molecular weight is 382 g/mol. The van der Waals surface area contributed by atoms with Gasteiger partial charge < -0.3 is 9.13 Å². The molecule has 5 aromatic rings. The van der Waals surface area contributed by atoms with E-state index in [9.17, 15) is 0 Å². The lowest BCUT2D eigenvalue weighted by molar-refractivity contribution is 0.675. The highest BCUT2D eigenvalue weighted by molar-refractivity contribution is 5.78. The number of aryl methyl sites for hydroxylation is 2. The zero-order valence-corrected chi connectivity index (χ0v) is 15.6. The van der Waals surface area contributed by atoms with E-state index in [0.29, 0.717) is 18.8 Å². The fraction of sp³-hybridized carbons (Fsp3) is 0.0952. The number of tetrazole rings is 1. The molecular weight excluding hydrogens is 364 g/mol. The summed E-state index contributed by atoms with van der Waals surface area (Å²) in [5, 5.41) is 14.3. The summed E-state index contributed by atoms with van der Waals surface area (Å²) in [5.41, 5.74) is 5.08. The largest absolute Gasteiger partial charge is 0.328 e. The van der Waals surface area contributed by atoms with Crippen molar-refractivity contribution in [2.45, 2.75) is 13.0 Å². The molecule has 142 valence electrons. The minimum absolute atomic E-state index is 0.654. The predicted octanol–water partition coefficient (Wildman–Crippen LogP) is 3.16. The van der Waals surface area contributed by atoms with Gasteiger partial charge in [-0.3, -0.25) is 4.98 Å². The first-order valence-corrected chi connectivity index (χ1v) is 9.31. The maximum absolute atomic E-state index is 4.75. The van der Waals surface area contributed by atoms with Crippen LogP contribution in [0, 0.1) is 0 Å². The topological polar surface area (TPSA) is 90.1 Å². The number of nitrogens with one attached hydrogen (secondary N) is 1. The van der Waals surface area contributed by atoms with Gasteiger partial charge in [-0.25, -0.2) is 4.98 Å². The summed E-state index contributed by atoms with van der Waals surface area (Å²) in [7, 11) is 0. The molecular formula is C21H18N8. The first kappa shape index (κ1) is 17.1. The van der Waals surface area contributed by atoms with E-state index in [2.05, 4.69) is 52.9 Å². The van der Waals surface area contributed by atoms with Crippen LogP contribution in [0.25, 0.3) is 28.3 Å². The molecule has 1 N–H and O–H groups in total. The molecule has 4 heterocycles. The summed E-state index contributed by atoms with van der Waals surface area (Å²) in [4.78, 5) is 9.01. The maximum atomic E-state index is 4.75. The highest BCUT2D eigenvalue weighted by Gasteiger charge is 2.18. The van der Waals surface area contributed by atoms with Gasteiger partial charge >= 0.3 is 0 Å². The minimum atomic E-state index is 0.654. The molecule has 0 aliphatic carbocycles. The summed E-state index contributed by atoms with van der Waals surface area (Å²) in [6, 6.07) is 18.3. The van der Waals surface area contributed by atoms with Gasteiger partial charge in [0, 0.05) is 30.9 Å². The zero-order valence-electron chi connectivity index (χ0n) is 15.6. The van der Waals surface area contributed by atoms with E-state index < -0.39 is 0 Å². The van der Waals surface area contributed by atoms with Gasteiger partial charge in [-0.05, 0) is 24.3 Å². The van der Waals surface area contributed by atoms with Crippen LogP contribution in [0.5, 0.6) is 0 Å². The fourth-order valence-corrected chi connectivity index (χ4v) is 3.43. The van der Waals surface area contributed by atoms with Crippen molar-refractivity contribution >= 4 is 0 Å². The molecule has 29 heavy (non-hydrogen) atoms. The first-order chi connectivity index (χ1) is 14.4. The third-order valence-electron chi connectivity index (χ3n) is 4.77. The molecule has 1 aromatic carbocycles. The van der Waals surface area contributed by atoms with E-state index in [1.807, 2.05) is 55.1 Å². The molecule has 0 aliphatic heterocycles. The second-order valence-corrected chi connectivity index (χ2v) is 6.55. The Morgan fingerprint density at radius 3 is 2.69 bits per heavy atom. The van der Waals surface area contributed by atoms with Crippen molar-refractivity contribution in [2.75, 3.05) is 0 Å². The van der Waals surface area contributed by atoms with Crippen LogP contribution in [-0.2, 0) is 13.0 Å². The van der Waals surface area contributed by atoms with E-state index in [1.165, 1.54) is 0 Å². The number of rotatable bonds is 6. The molecule has 0 atom stereocenters. The predicted molar refractivity (Wildman–Crippen MR) is 108 cm³/mol. The highest BCUT2D eigenvalue weighted by atomic mass is 15.5. The summed E-state index contributed by atoms with van der Waals surface area (Å²) >= 11 is 0. The van der Waals surface area contributed by atoms with Crippen molar-refractivity contribution < 1.29 is 0 Å². The summed E-state index contributed by atoms with van der Waals surface area (Å²) in [6.45, 7) is 0.687. The maximum Gasteiger partial charge on any atom is 0.176 e. The third-order valence-corrected chi connectivity index (χ3v) is 4.77. The third kappa shape index (κ3) is 3.31. The van der Waals surface area contributed by atoms with Crippen LogP contribution in [0.15, 0.2) is 79.5 Å². The number of pyridine rings is 1. The molecule has 0 saturated carbocycles. The number of hydrogen-bond donors (Lipinski definition) is 1. The van der Waals surface area contributed by atoms with E-state index >= 15 is 0 Å². The van der Waals surface area contributed by atoms with Gasteiger partial charge in [0.25, 0.3) is 0 Å². The molecule has 0 saturated heterocycles. The summed E-state index contributed by atoms with van der Waals surface area (Å²) in [6.07, 6.45) is 8.20. The van der Waals surface area contributed by atoms with Crippen LogP contribution >= 0.6 is 0 Å². The number of benzene rings is 1. The standard InChI is InChI=1S/C21H18N8/c1-2-6-16(7-3-1)20-21(28(15-23-20)13-10-19-24-26-27-25-19)18-9-5-12-29(18)17-8-4-11-22-14-17/h1-9,11-12,14-15H,10,13H2,(H,24,25,26,27). The van der Waals surface area contributed by atoms with Crippen LogP contribution in [0.1, 0.15) is 5.82 Å². The number of aromatic nitrogens is 8. The van der Waals surface area contributed by atoms with Gasteiger partial charge in [0.2, 0.25) is 0 Å². The van der Waals surface area contributed by atoms with Crippen LogP contribution in [0.2, 0.25) is 0 Å². The first-order valence-electron chi connectivity index (χ1n) is 9.31. The molecule has 4 aromatic heterocycles. The minimum Gasteiger partial charge on any atom is -0.328 e. The zero-order chi connectivity index (χ0) is 19.5. The number of hydrogen-bond acceptors (Lipinski definition) is 5. The molecule has 0 amide bonds. The average Bonchev–Trinajstić information content (AvgIpc) is 3.53. The second-order valence-electron chi connectivity index (χ2n) is 6.55. The van der Waals surface area contributed by atoms with E-state index in [-0.39, 0.29) is 0 Å². The molecule has 0 fully saturated rings. The molecule has 5 rings (SSSR count). The number of aromatic amines is 1. The van der Waals surface area contributed by atoms with Crippen LogP contribution in [0.4, 0.5) is 0 Å². The molecule has 0 bridgehead atoms. The molecule has 0 unspecified atom stereocenters. The lowest BCUT2D eigenvalue weighted by Crippen LogP contribution is -2.06. The van der Waals surface area contributed by atoms with Gasteiger partial charge in [0.1, 0.15) is 0 Å². The number of H-pyrrole nitrogens is 1. The second kappa shape index (κ2) is 7.51. The molecule has 0 aliphatic rings. The normalized spacial score (nSPS) is 11.0. The molecule has 8 heteroatoms. The van der Waals surface area contributed by atoms with Crippen molar-refractivity contribution in [3.8, 4) is 28.3 Å². The van der Waals surface area contributed by atoms with Crippen LogP contribution in [0.3, 0.4) is 0 Å². The smallest absolute Gasteiger partial charge is 0.176 e. The highest BCUT2D eigenvalue weighted by Crippen LogP contribution is 2.33. The van der Waals surface area contributed by atoms with Gasteiger partial charge in [-0.1, -0.05) is 35.5 Å². The Morgan fingerprint density at radius 1 is 0.966 bits per heavy atom. The van der Waals surface area contributed by atoms with Crippen molar-refractivity contribution in [1.82, 2.24) is 39.7 Å². The number of imidazole rings is 1. The Kier molecular flexibility index (Phi) is 4.42. The van der Waals surface area contributed by atoms with Crippen molar-refractivity contribution in [3.05, 3.63) is 85.3 Å².